The molecule has 4 unspecified atom stereocenters. The highest BCUT2D eigenvalue weighted by molar-refractivity contribution is 6.19. The molecule has 6 aliphatic rings. The standard InChI is InChI=1S/C52H75N9O9.CH4O/c1-29(2)25-59-19-15-52(16-20-59)57-41-38-39-45(64)35(8)48-40(38)49(66)51(9,70-48)68-23-11-14-31(4)47(69-37(62)28-61(54)27-36(53)26-60-21-17-55-18-22-60)34(7)44(63)33(6)24-30(3)12-10-13-32(5)50(67)56-43(46(39)65)42(41)58-52;1-2/h10-13,23,27,29-31,33-34,44,47,55,63-65H,14-22,24-26,28,53-54H2,1-9H3,(H,56,67);2H,1H3/b12-10+,23-11+,32-13-,36-27-;/t30?,31-,33-,34-,44?,47?,51?;/m1./s1. The molecular weight excluding hydrogens is 923 g/mol. The smallest absolute Gasteiger partial charge is 0.327 e. The number of ketones is 1. The molecule has 6 aliphatic heterocycles. The van der Waals surface area contributed by atoms with Crippen molar-refractivity contribution in [2.24, 2.45) is 51.2 Å². The Labute approximate surface area is 423 Å². The third-order valence-corrected chi connectivity index (χ3v) is 14.4. The number of aromatic hydroxyl groups is 2. The van der Waals surface area contributed by atoms with Gasteiger partial charge in [-0.05, 0) is 56.4 Å². The van der Waals surface area contributed by atoms with Crippen molar-refractivity contribution in [2.45, 2.75) is 112 Å². The van der Waals surface area contributed by atoms with Crippen molar-refractivity contribution in [3.63, 3.8) is 0 Å². The van der Waals surface area contributed by atoms with Crippen LogP contribution in [0.5, 0.6) is 17.2 Å². The number of fused-ring (bicyclic) bond motifs is 13. The molecule has 19 heteroatoms. The number of piperazine rings is 1. The summed E-state index contributed by atoms with van der Waals surface area (Å²) >= 11 is 0. The highest BCUT2D eigenvalue weighted by Crippen LogP contribution is 2.50. The number of ether oxygens (including phenoxy) is 3. The Balaban J connectivity index is 0.00000418. The Hall–Kier alpha value is -5.57. The molecule has 0 saturated carbocycles. The molecule has 7 atom stereocenters. The number of aliphatic hydroxyl groups is 2. The number of phenols is 2. The van der Waals surface area contributed by atoms with Crippen LogP contribution in [0, 0.1) is 36.5 Å². The molecule has 6 heterocycles. The van der Waals surface area contributed by atoms with Gasteiger partial charge in [0.05, 0.1) is 28.7 Å². The lowest BCUT2D eigenvalue weighted by Gasteiger charge is -2.36. The number of likely N-dealkylation sites (tertiary alicyclic amines) is 1. The van der Waals surface area contributed by atoms with Crippen LogP contribution in [0.1, 0.15) is 97.0 Å². The second-order valence-electron chi connectivity index (χ2n) is 20.9. The van der Waals surface area contributed by atoms with Crippen molar-refractivity contribution in [2.75, 3.05) is 71.3 Å². The molecule has 2 fully saturated rings. The summed E-state index contributed by atoms with van der Waals surface area (Å²) < 4.78 is 18.7. The molecule has 10 N–H and O–H groups in total. The Morgan fingerprint density at radius 1 is 1.00 bits per heavy atom. The molecule has 0 radical (unpaired) electrons. The lowest BCUT2D eigenvalue weighted by Crippen LogP contribution is -2.45. The minimum Gasteiger partial charge on any atom is -0.507 e. The first kappa shape index (κ1) is 55.7. The highest BCUT2D eigenvalue weighted by atomic mass is 16.7. The average molecular weight is 1000 g/mol. The predicted octanol–water partition coefficient (Wildman–Crippen LogP) is 3.62. The number of amides is 1. The fourth-order valence-electron chi connectivity index (χ4n) is 10.6. The number of benzene rings is 2. The number of hydrazine groups is 1. The van der Waals surface area contributed by atoms with Crippen LogP contribution in [0.2, 0.25) is 0 Å². The number of anilines is 1. The van der Waals surface area contributed by atoms with Gasteiger partial charge in [0.15, 0.2) is 11.4 Å². The van der Waals surface area contributed by atoms with Crippen LogP contribution in [0.25, 0.3) is 10.8 Å². The van der Waals surface area contributed by atoms with E-state index < -0.39 is 53.0 Å². The summed E-state index contributed by atoms with van der Waals surface area (Å²) in [5.41, 5.74) is 6.43. The number of phenolic OH excluding ortho intramolecular Hbond substituents is 2. The van der Waals surface area contributed by atoms with Gasteiger partial charge in [0.1, 0.15) is 35.2 Å². The van der Waals surface area contributed by atoms with E-state index in [0.29, 0.717) is 49.4 Å². The molecule has 396 valence electrons. The number of hydrogen-bond donors (Lipinski definition) is 8. The number of nitrogens with zero attached hydrogens (tertiary/aromatic N) is 5. The summed E-state index contributed by atoms with van der Waals surface area (Å²) in [7, 11) is 1.00. The first-order chi connectivity index (χ1) is 34.1. The van der Waals surface area contributed by atoms with Crippen LogP contribution in [-0.4, -0.2) is 143 Å². The van der Waals surface area contributed by atoms with Crippen LogP contribution >= 0.6 is 0 Å². The molecule has 8 rings (SSSR count). The number of esters is 1. The van der Waals surface area contributed by atoms with Crippen molar-refractivity contribution in [1.29, 1.82) is 0 Å². The zero-order chi connectivity index (χ0) is 52.8. The van der Waals surface area contributed by atoms with Crippen molar-refractivity contribution < 1.29 is 49.0 Å². The molecule has 1 amide bonds. The number of carbonyl (C=O) groups excluding carboxylic acids is 3. The van der Waals surface area contributed by atoms with Gasteiger partial charge in [-0.1, -0.05) is 59.8 Å². The van der Waals surface area contributed by atoms with Gasteiger partial charge in [-0.15, -0.1) is 0 Å². The lowest BCUT2D eigenvalue weighted by molar-refractivity contribution is -0.159. The second kappa shape index (κ2) is 23.5. The van der Waals surface area contributed by atoms with Crippen molar-refractivity contribution >= 4 is 34.1 Å². The summed E-state index contributed by atoms with van der Waals surface area (Å²) in [5, 5.41) is 50.9. The highest BCUT2D eigenvalue weighted by Gasteiger charge is 2.50. The number of allylic oxidation sites excluding steroid dienone is 4. The molecule has 2 aromatic carbocycles. The Morgan fingerprint density at radius 2 is 1.67 bits per heavy atom. The number of carbonyl (C=O) groups is 3. The predicted molar refractivity (Wildman–Crippen MR) is 275 cm³/mol. The topological polar surface area (TPSA) is 270 Å². The van der Waals surface area contributed by atoms with E-state index in [9.17, 15) is 29.7 Å². The van der Waals surface area contributed by atoms with Gasteiger partial charge in [0.2, 0.25) is 0 Å². The number of nitrogens with one attached hydrogen (secondary N) is 2. The zero-order valence-corrected chi connectivity index (χ0v) is 43.8. The number of aliphatic hydroxyl groups excluding tert-OH is 2. The quantitative estimate of drug-likeness (QED) is 0.0812. The normalized spacial score (nSPS) is 28.9. The third-order valence-electron chi connectivity index (χ3n) is 14.4. The Bertz CT molecular complexity index is 2580. The van der Waals surface area contributed by atoms with Crippen LogP contribution in [-0.2, 0) is 19.1 Å². The molecule has 5 bridgehead atoms. The van der Waals surface area contributed by atoms with Crippen molar-refractivity contribution in [3.05, 3.63) is 69.9 Å². The van der Waals surface area contributed by atoms with E-state index in [1.54, 1.807) is 32.1 Å². The molecule has 2 aromatic rings. The third kappa shape index (κ3) is 12.3. The molecule has 1 spiro atoms. The first-order valence-corrected chi connectivity index (χ1v) is 25.3. The summed E-state index contributed by atoms with van der Waals surface area (Å²) in [4.78, 5) is 57.4. The minimum absolute atomic E-state index is 0.0153. The largest absolute Gasteiger partial charge is 0.507 e. The van der Waals surface area contributed by atoms with Crippen LogP contribution in [0.15, 0.2) is 58.0 Å². The van der Waals surface area contributed by atoms with Gasteiger partial charge >= 0.3 is 11.8 Å². The fourth-order valence-corrected chi connectivity index (χ4v) is 10.6. The first-order valence-electron chi connectivity index (χ1n) is 25.3. The molecule has 72 heavy (non-hydrogen) atoms. The second-order valence-corrected chi connectivity index (χ2v) is 20.9. The number of piperidine rings is 1. The molecular formula is C53H79N9O10. The number of hydrogen-bond acceptors (Lipinski definition) is 18. The van der Waals surface area contributed by atoms with Crippen LogP contribution < -0.4 is 37.7 Å². The summed E-state index contributed by atoms with van der Waals surface area (Å²) in [6.45, 7) is 22.8. The van der Waals surface area contributed by atoms with Crippen LogP contribution in [0.3, 0.4) is 0 Å². The van der Waals surface area contributed by atoms with Crippen molar-refractivity contribution in [1.82, 2.24) is 20.1 Å². The molecule has 0 aliphatic carbocycles. The van der Waals surface area contributed by atoms with Gasteiger partial charge in [-0.2, -0.15) is 0 Å². The van der Waals surface area contributed by atoms with Gasteiger partial charge in [0, 0.05) is 114 Å². The van der Waals surface area contributed by atoms with E-state index in [-0.39, 0.29) is 74.1 Å². The van der Waals surface area contributed by atoms with E-state index in [1.807, 2.05) is 33.8 Å². The Morgan fingerprint density at radius 3 is 2.33 bits per heavy atom. The Kier molecular flexibility index (Phi) is 18.2. The molecule has 19 nitrogen and oxygen atoms in total. The van der Waals surface area contributed by atoms with Gasteiger partial charge in [-0.3, -0.25) is 29.3 Å². The number of rotatable bonds is 8. The minimum atomic E-state index is -1.91. The zero-order valence-electron chi connectivity index (χ0n) is 43.8. The van der Waals surface area contributed by atoms with E-state index in [0.717, 1.165) is 52.9 Å². The molecule has 0 aromatic heterocycles. The van der Waals surface area contributed by atoms with Gasteiger partial charge in [-0.25, -0.2) is 5.84 Å². The van der Waals surface area contributed by atoms with Crippen LogP contribution in [0.4, 0.5) is 5.69 Å². The average Bonchev–Trinajstić information content (AvgIpc) is 3.83. The van der Waals surface area contributed by atoms with E-state index in [2.05, 4.69) is 34.3 Å². The van der Waals surface area contributed by atoms with Gasteiger partial charge < -0.3 is 60.9 Å². The lowest BCUT2D eigenvalue weighted by atomic mass is 9.80. The maximum absolute atomic E-state index is 14.8. The molecule has 2 saturated heterocycles. The van der Waals surface area contributed by atoms with Gasteiger partial charge in [0.25, 0.3) is 11.7 Å². The maximum Gasteiger partial charge on any atom is 0.327 e. The summed E-state index contributed by atoms with van der Waals surface area (Å²) in [6, 6.07) is 0. The van der Waals surface area contributed by atoms with E-state index in [1.165, 1.54) is 24.4 Å². The fraction of sp³-hybridized carbons (Fsp3) is 0.604. The summed E-state index contributed by atoms with van der Waals surface area (Å²) in [5.74, 6) is 1.27. The van der Waals surface area contributed by atoms with Crippen molar-refractivity contribution in [3.8, 4) is 17.2 Å². The number of nitrogens with two attached hydrogens (primary N) is 2. The van der Waals surface area contributed by atoms with E-state index >= 15 is 0 Å². The van der Waals surface area contributed by atoms with E-state index in [4.69, 9.17) is 40.9 Å². The SMILES string of the molecule is C/C1=C/C=C/C(C)C[C@@H](C)C(O)[C@@H](C)C(OC(=O)CN(N)/C=C(\N)CN2CCNCC2)[C@H](C)C/C=C/OC2(C)Oc3c(C)c(O)c4c(O)c(c5c(c4c3C2=O)=NC2(CCN(CC(C)C)CC2)N=5)NC1=O.CO. The number of Topliss-reactive ketones (excluding diaryl/α,β-unsaturated/α-hetero) is 1. The summed E-state index contributed by atoms with van der Waals surface area (Å²) in [6.07, 6.45) is 10.4. The monoisotopic (exact) mass is 1000 g/mol. The maximum atomic E-state index is 14.8.